The summed E-state index contributed by atoms with van der Waals surface area (Å²) in [5, 5.41) is 10.2. The minimum absolute atomic E-state index is 0.0206. The van der Waals surface area contributed by atoms with Gasteiger partial charge in [-0.25, -0.2) is 0 Å². The number of ether oxygens (including phenoxy) is 1. The summed E-state index contributed by atoms with van der Waals surface area (Å²) in [6, 6.07) is 0. The van der Waals surface area contributed by atoms with Crippen LogP contribution < -0.4 is 0 Å². The summed E-state index contributed by atoms with van der Waals surface area (Å²) in [4.78, 5) is 12.0. The van der Waals surface area contributed by atoms with Crippen molar-refractivity contribution in [2.24, 2.45) is 11.3 Å². The van der Waals surface area contributed by atoms with E-state index in [0.717, 1.165) is 32.1 Å². The van der Waals surface area contributed by atoms with Gasteiger partial charge in [-0.15, -0.1) is 0 Å². The first-order chi connectivity index (χ1) is 7.38. The lowest BCUT2D eigenvalue weighted by atomic mass is 9.56. The molecule has 4 unspecified atom stereocenters. The Bertz CT molecular complexity index is 349. The Hall–Kier alpha value is -0.570. The molecular formula is C13H20O3. The first-order valence-corrected chi connectivity index (χ1v) is 6.34. The molecular weight excluding hydrogens is 204 g/mol. The van der Waals surface area contributed by atoms with Crippen LogP contribution in [0.3, 0.4) is 0 Å². The van der Waals surface area contributed by atoms with Gasteiger partial charge in [0.15, 0.2) is 0 Å². The highest BCUT2D eigenvalue weighted by atomic mass is 16.6. The fourth-order valence-corrected chi connectivity index (χ4v) is 4.37. The van der Waals surface area contributed by atoms with Gasteiger partial charge in [0.1, 0.15) is 5.60 Å². The molecule has 2 bridgehead atoms. The van der Waals surface area contributed by atoms with Gasteiger partial charge in [-0.1, -0.05) is 0 Å². The Labute approximate surface area is 96.2 Å². The zero-order chi connectivity index (χ0) is 11.6. The molecule has 90 valence electrons. The van der Waals surface area contributed by atoms with Gasteiger partial charge in [0.25, 0.3) is 0 Å². The van der Waals surface area contributed by atoms with E-state index >= 15 is 0 Å². The first-order valence-electron chi connectivity index (χ1n) is 6.34. The van der Waals surface area contributed by atoms with Crippen molar-refractivity contribution in [1.29, 1.82) is 0 Å². The molecule has 1 aliphatic heterocycles. The minimum atomic E-state index is -0.653. The highest BCUT2D eigenvalue weighted by Crippen LogP contribution is 2.61. The number of aliphatic hydroxyl groups is 1. The van der Waals surface area contributed by atoms with Crippen LogP contribution in [0, 0.1) is 11.3 Å². The molecule has 3 nitrogen and oxygen atoms in total. The predicted molar refractivity (Wildman–Crippen MR) is 58.7 cm³/mol. The molecule has 0 aromatic rings. The van der Waals surface area contributed by atoms with E-state index in [-0.39, 0.29) is 17.0 Å². The molecule has 0 radical (unpaired) electrons. The van der Waals surface area contributed by atoms with E-state index in [1.165, 1.54) is 0 Å². The van der Waals surface area contributed by atoms with E-state index in [1.54, 1.807) is 0 Å². The molecule has 2 aliphatic carbocycles. The molecule has 0 aromatic carbocycles. The summed E-state index contributed by atoms with van der Waals surface area (Å²) in [6.07, 6.45) is 5.30. The average molecular weight is 224 g/mol. The lowest BCUT2D eigenvalue weighted by Crippen LogP contribution is -2.52. The molecule has 3 rings (SSSR count). The van der Waals surface area contributed by atoms with Crippen LogP contribution in [0.15, 0.2) is 0 Å². The molecule has 3 fully saturated rings. The largest absolute Gasteiger partial charge is 0.458 e. The van der Waals surface area contributed by atoms with Gasteiger partial charge in [-0.05, 0) is 46.0 Å². The summed E-state index contributed by atoms with van der Waals surface area (Å²) >= 11 is 0. The van der Waals surface area contributed by atoms with Crippen LogP contribution in [0.1, 0.15) is 52.4 Å². The van der Waals surface area contributed by atoms with Crippen molar-refractivity contribution in [3.63, 3.8) is 0 Å². The van der Waals surface area contributed by atoms with Crippen LogP contribution in [0.4, 0.5) is 0 Å². The molecule has 3 heteroatoms. The molecule has 0 spiro atoms. The standard InChI is InChI=1S/C13H20O3/c1-11(15)7-4-9-12(2)5-3-6-13(9,8-11)16-10(12)14/h9,15H,3-8H2,1-2H3. The fraction of sp³-hybridized carbons (Fsp3) is 0.923. The molecule has 2 saturated carbocycles. The topological polar surface area (TPSA) is 46.5 Å². The van der Waals surface area contributed by atoms with Gasteiger partial charge in [0.2, 0.25) is 0 Å². The third-order valence-electron chi connectivity index (χ3n) is 5.11. The zero-order valence-corrected chi connectivity index (χ0v) is 10.1. The summed E-state index contributed by atoms with van der Waals surface area (Å²) in [5.41, 5.74) is -1.26. The number of esters is 1. The smallest absolute Gasteiger partial charge is 0.312 e. The van der Waals surface area contributed by atoms with Crippen LogP contribution >= 0.6 is 0 Å². The second-order valence-electron chi connectivity index (χ2n) is 6.49. The molecule has 1 saturated heterocycles. The lowest BCUT2D eigenvalue weighted by Gasteiger charge is -2.49. The lowest BCUT2D eigenvalue weighted by molar-refractivity contribution is -0.161. The highest BCUT2D eigenvalue weighted by molar-refractivity contribution is 5.80. The van der Waals surface area contributed by atoms with Gasteiger partial charge in [0.05, 0.1) is 11.0 Å². The monoisotopic (exact) mass is 224 g/mol. The fourth-order valence-electron chi connectivity index (χ4n) is 4.37. The Morgan fingerprint density at radius 1 is 1.31 bits per heavy atom. The van der Waals surface area contributed by atoms with Gasteiger partial charge in [-0.3, -0.25) is 4.79 Å². The van der Waals surface area contributed by atoms with E-state index in [0.29, 0.717) is 12.3 Å². The molecule has 4 atom stereocenters. The summed E-state index contributed by atoms with van der Waals surface area (Å²) in [7, 11) is 0. The first kappa shape index (κ1) is 10.6. The van der Waals surface area contributed by atoms with Crippen molar-refractivity contribution < 1.29 is 14.6 Å². The van der Waals surface area contributed by atoms with Gasteiger partial charge < -0.3 is 9.84 Å². The van der Waals surface area contributed by atoms with E-state index in [9.17, 15) is 9.90 Å². The third-order valence-corrected chi connectivity index (χ3v) is 5.11. The number of hydrogen-bond donors (Lipinski definition) is 1. The second-order valence-corrected chi connectivity index (χ2v) is 6.49. The summed E-state index contributed by atoms with van der Waals surface area (Å²) in [6.45, 7) is 3.93. The van der Waals surface area contributed by atoms with E-state index < -0.39 is 5.60 Å². The van der Waals surface area contributed by atoms with Gasteiger partial charge in [-0.2, -0.15) is 0 Å². The highest BCUT2D eigenvalue weighted by Gasteiger charge is 2.66. The van der Waals surface area contributed by atoms with Gasteiger partial charge >= 0.3 is 5.97 Å². The molecule has 3 aliphatic rings. The Morgan fingerprint density at radius 2 is 2.06 bits per heavy atom. The maximum absolute atomic E-state index is 12.0. The molecule has 1 heterocycles. The second kappa shape index (κ2) is 2.81. The third kappa shape index (κ3) is 1.15. The van der Waals surface area contributed by atoms with Crippen LogP contribution in [0.5, 0.6) is 0 Å². The number of rotatable bonds is 0. The molecule has 0 aromatic heterocycles. The number of carbonyl (C=O) groups is 1. The average Bonchev–Trinajstić information content (AvgIpc) is 2.25. The van der Waals surface area contributed by atoms with Crippen molar-refractivity contribution in [3.8, 4) is 0 Å². The maximum Gasteiger partial charge on any atom is 0.312 e. The predicted octanol–water partition coefficient (Wildman–Crippen LogP) is 2.02. The Kier molecular flexibility index (Phi) is 1.86. The van der Waals surface area contributed by atoms with Crippen LogP contribution in [-0.2, 0) is 9.53 Å². The quantitative estimate of drug-likeness (QED) is 0.640. The van der Waals surface area contributed by atoms with Crippen LogP contribution in [0.25, 0.3) is 0 Å². The molecule has 1 N–H and O–H groups in total. The van der Waals surface area contributed by atoms with Crippen molar-refractivity contribution in [2.75, 3.05) is 0 Å². The number of carbonyl (C=O) groups excluding carboxylic acids is 1. The van der Waals surface area contributed by atoms with Crippen molar-refractivity contribution in [1.82, 2.24) is 0 Å². The summed E-state index contributed by atoms with van der Waals surface area (Å²) < 4.78 is 5.72. The maximum atomic E-state index is 12.0. The van der Waals surface area contributed by atoms with Crippen molar-refractivity contribution >= 4 is 5.97 Å². The summed E-state index contributed by atoms with van der Waals surface area (Å²) in [5.74, 6) is 0.314. The Balaban J connectivity index is 2.02. The van der Waals surface area contributed by atoms with E-state index in [1.807, 2.05) is 6.92 Å². The molecule has 0 amide bonds. The zero-order valence-electron chi connectivity index (χ0n) is 10.1. The van der Waals surface area contributed by atoms with E-state index in [2.05, 4.69) is 6.92 Å². The SMILES string of the molecule is CC1(O)CCC2C3(CCCC2(C)C(=O)O3)C1. The number of hydrogen-bond acceptors (Lipinski definition) is 3. The van der Waals surface area contributed by atoms with Crippen LogP contribution in [0.2, 0.25) is 0 Å². The Morgan fingerprint density at radius 3 is 2.81 bits per heavy atom. The normalized spacial score (nSPS) is 55.7. The van der Waals surface area contributed by atoms with Crippen LogP contribution in [-0.4, -0.2) is 22.3 Å². The minimum Gasteiger partial charge on any atom is -0.458 e. The molecule has 16 heavy (non-hydrogen) atoms. The van der Waals surface area contributed by atoms with Crippen molar-refractivity contribution in [2.45, 2.75) is 63.6 Å². The van der Waals surface area contributed by atoms with E-state index in [4.69, 9.17) is 4.74 Å². The van der Waals surface area contributed by atoms with Gasteiger partial charge in [0, 0.05) is 12.3 Å². The van der Waals surface area contributed by atoms with Crippen molar-refractivity contribution in [3.05, 3.63) is 0 Å².